The van der Waals surface area contributed by atoms with E-state index in [1.807, 2.05) is 0 Å². The van der Waals surface area contributed by atoms with Crippen LogP contribution in [0.1, 0.15) is 85.5 Å². The van der Waals surface area contributed by atoms with Gasteiger partial charge in [0, 0.05) is 12.8 Å². The van der Waals surface area contributed by atoms with Gasteiger partial charge in [0.25, 0.3) is 0 Å². The highest BCUT2D eigenvalue weighted by Gasteiger charge is 2.50. The van der Waals surface area contributed by atoms with Gasteiger partial charge < -0.3 is 15.3 Å². The molecular weight excluding hydrogens is 388 g/mol. The highest BCUT2D eigenvalue weighted by molar-refractivity contribution is 5.86. The molecule has 3 aliphatic rings. The Bertz CT molecular complexity index is 756. The van der Waals surface area contributed by atoms with Crippen LogP contribution >= 0.6 is 0 Å². The van der Waals surface area contributed by atoms with E-state index in [9.17, 15) is 20.1 Å². The summed E-state index contributed by atoms with van der Waals surface area (Å²) in [5.74, 6) is 1.55. The number of aliphatic hydroxyl groups excluding tert-OH is 2. The lowest BCUT2D eigenvalue weighted by Crippen LogP contribution is -2.36. The predicted molar refractivity (Wildman–Crippen MR) is 124 cm³/mol. The van der Waals surface area contributed by atoms with Gasteiger partial charge in [-0.1, -0.05) is 38.2 Å². The molecule has 31 heavy (non-hydrogen) atoms. The van der Waals surface area contributed by atoms with E-state index in [0.717, 1.165) is 24.0 Å². The zero-order valence-corrected chi connectivity index (χ0v) is 19.9. The van der Waals surface area contributed by atoms with Crippen molar-refractivity contribution in [2.24, 2.45) is 23.2 Å². The van der Waals surface area contributed by atoms with Gasteiger partial charge in [-0.15, -0.1) is 0 Å². The fourth-order valence-electron chi connectivity index (χ4n) is 6.55. The summed E-state index contributed by atoms with van der Waals surface area (Å²) in [4.78, 5) is 12.2. The summed E-state index contributed by atoms with van der Waals surface area (Å²) < 4.78 is 0. The Hall–Kier alpha value is -1.23. The van der Waals surface area contributed by atoms with E-state index in [0.29, 0.717) is 37.0 Å². The summed E-state index contributed by atoms with van der Waals surface area (Å²) in [5, 5.41) is 30.1. The molecule has 0 spiro atoms. The summed E-state index contributed by atoms with van der Waals surface area (Å²) in [6.45, 7) is 11.9. The minimum absolute atomic E-state index is 0.0630. The van der Waals surface area contributed by atoms with Gasteiger partial charge in [0.05, 0.1) is 12.2 Å². The van der Waals surface area contributed by atoms with Gasteiger partial charge in [0.2, 0.25) is 0 Å². The van der Waals surface area contributed by atoms with Crippen LogP contribution in [0.4, 0.5) is 0 Å². The van der Waals surface area contributed by atoms with Crippen molar-refractivity contribution in [2.75, 3.05) is 0 Å². The maximum atomic E-state index is 12.2. The third-order valence-electron chi connectivity index (χ3n) is 8.50. The van der Waals surface area contributed by atoms with Crippen LogP contribution in [0.5, 0.6) is 0 Å². The molecule has 0 heterocycles. The van der Waals surface area contributed by atoms with E-state index in [2.05, 4.69) is 32.6 Å². The number of rotatable bonds is 6. The lowest BCUT2D eigenvalue weighted by Gasteiger charge is -2.44. The molecule has 0 saturated heterocycles. The smallest absolute Gasteiger partial charge is 0.163 e. The van der Waals surface area contributed by atoms with Gasteiger partial charge in [-0.3, -0.25) is 4.79 Å². The molecule has 0 aliphatic heterocycles. The van der Waals surface area contributed by atoms with Crippen molar-refractivity contribution in [1.29, 1.82) is 0 Å². The standard InChI is InChI=1S/C27H42O4/c1-17(8-13-25(30)26(3,4)31)22-11-12-23-19(7-6-14-27(22,23)5)9-10-20-15-21(28)16-24(29)18(20)2/h9-10,17,21-24,28-29,31H,2,6-8,11-16H2,1,3-5H3/b19-9+,20-10+/t17-,21-,22?,23?,24-,27+/m0/s1. The molecule has 0 aromatic rings. The molecule has 3 aliphatic carbocycles. The monoisotopic (exact) mass is 430 g/mol. The third kappa shape index (κ3) is 5.23. The quantitative estimate of drug-likeness (QED) is 0.561. The van der Waals surface area contributed by atoms with Crippen molar-refractivity contribution in [3.8, 4) is 0 Å². The Kier molecular flexibility index (Phi) is 7.35. The number of allylic oxidation sites excluding steroid dienone is 3. The van der Waals surface area contributed by atoms with Crippen LogP contribution in [-0.4, -0.2) is 38.9 Å². The molecule has 3 fully saturated rings. The summed E-state index contributed by atoms with van der Waals surface area (Å²) in [5.41, 5.74) is 2.23. The minimum Gasteiger partial charge on any atom is -0.393 e. The van der Waals surface area contributed by atoms with Crippen LogP contribution < -0.4 is 0 Å². The summed E-state index contributed by atoms with van der Waals surface area (Å²) in [6.07, 6.45) is 11.3. The highest BCUT2D eigenvalue weighted by atomic mass is 16.3. The van der Waals surface area contributed by atoms with Crippen LogP contribution in [-0.2, 0) is 4.79 Å². The average molecular weight is 431 g/mol. The van der Waals surface area contributed by atoms with Gasteiger partial charge in [0.15, 0.2) is 5.78 Å². The number of carbonyl (C=O) groups is 1. The SMILES string of the molecule is C=C1/C(=C/C=C2\CCC[C@@]3(C)C2CCC3[C@@H](C)CCC(=O)C(C)(C)O)C[C@H](O)C[C@@H]1O. The molecule has 174 valence electrons. The first-order valence-electron chi connectivity index (χ1n) is 12.1. The Morgan fingerprint density at radius 3 is 2.68 bits per heavy atom. The van der Waals surface area contributed by atoms with Crippen molar-refractivity contribution in [2.45, 2.75) is 103 Å². The van der Waals surface area contributed by atoms with Crippen LogP contribution in [0.25, 0.3) is 0 Å². The lowest BCUT2D eigenvalue weighted by molar-refractivity contribution is -0.134. The molecule has 0 aromatic carbocycles. The number of Topliss-reactive ketones (excluding diaryl/α,β-unsaturated/α-hetero) is 1. The number of aliphatic hydroxyl groups is 3. The fourth-order valence-corrected chi connectivity index (χ4v) is 6.55. The second-order valence-corrected chi connectivity index (χ2v) is 11.2. The lowest BCUT2D eigenvalue weighted by atomic mass is 9.60. The minimum atomic E-state index is -1.24. The van der Waals surface area contributed by atoms with Crippen LogP contribution in [0, 0.1) is 23.2 Å². The van der Waals surface area contributed by atoms with E-state index in [-0.39, 0.29) is 11.2 Å². The Balaban J connectivity index is 1.72. The van der Waals surface area contributed by atoms with E-state index in [4.69, 9.17) is 0 Å². The molecule has 2 unspecified atom stereocenters. The second kappa shape index (κ2) is 9.33. The summed E-state index contributed by atoms with van der Waals surface area (Å²) >= 11 is 0. The molecule has 3 N–H and O–H groups in total. The number of hydrogen-bond donors (Lipinski definition) is 3. The number of hydrogen-bond acceptors (Lipinski definition) is 4. The zero-order valence-electron chi connectivity index (χ0n) is 19.9. The van der Waals surface area contributed by atoms with Crippen molar-refractivity contribution < 1.29 is 20.1 Å². The van der Waals surface area contributed by atoms with E-state index in [1.54, 1.807) is 13.8 Å². The maximum Gasteiger partial charge on any atom is 0.163 e. The van der Waals surface area contributed by atoms with Crippen LogP contribution in [0.2, 0.25) is 0 Å². The summed E-state index contributed by atoms with van der Waals surface area (Å²) in [6, 6.07) is 0. The largest absolute Gasteiger partial charge is 0.393 e. The summed E-state index contributed by atoms with van der Waals surface area (Å²) in [7, 11) is 0. The number of ketones is 1. The normalized spacial score (nSPS) is 37.8. The average Bonchev–Trinajstić information content (AvgIpc) is 3.04. The fraction of sp³-hybridized carbons (Fsp3) is 0.741. The van der Waals surface area contributed by atoms with Crippen molar-refractivity contribution in [3.63, 3.8) is 0 Å². The van der Waals surface area contributed by atoms with Crippen LogP contribution in [0.3, 0.4) is 0 Å². The van der Waals surface area contributed by atoms with Crippen molar-refractivity contribution in [1.82, 2.24) is 0 Å². The topological polar surface area (TPSA) is 77.8 Å². The molecule has 0 amide bonds. The van der Waals surface area contributed by atoms with Crippen molar-refractivity contribution in [3.05, 3.63) is 35.5 Å². The van der Waals surface area contributed by atoms with Gasteiger partial charge >= 0.3 is 0 Å². The van der Waals surface area contributed by atoms with Gasteiger partial charge in [0.1, 0.15) is 5.60 Å². The zero-order chi connectivity index (χ0) is 23.0. The molecule has 0 radical (unpaired) electrons. The molecule has 0 bridgehead atoms. The number of carbonyl (C=O) groups excluding carboxylic acids is 1. The number of fused-ring (bicyclic) bond motifs is 1. The first kappa shape index (κ1) is 24.4. The Morgan fingerprint density at radius 2 is 2.00 bits per heavy atom. The second-order valence-electron chi connectivity index (χ2n) is 11.2. The first-order valence-corrected chi connectivity index (χ1v) is 12.1. The first-order chi connectivity index (χ1) is 14.4. The Morgan fingerprint density at radius 1 is 1.29 bits per heavy atom. The predicted octanol–water partition coefficient (Wildman–Crippen LogP) is 4.88. The maximum absolute atomic E-state index is 12.2. The molecule has 6 atom stereocenters. The molecule has 4 heteroatoms. The van der Waals surface area contributed by atoms with Crippen molar-refractivity contribution >= 4 is 5.78 Å². The van der Waals surface area contributed by atoms with E-state index >= 15 is 0 Å². The van der Waals surface area contributed by atoms with Gasteiger partial charge in [-0.25, -0.2) is 0 Å². The Labute approximate surface area is 188 Å². The van der Waals surface area contributed by atoms with Gasteiger partial charge in [-0.05, 0) is 93.1 Å². The molecule has 3 saturated carbocycles. The molecular formula is C27H42O4. The molecule has 3 rings (SSSR count). The van der Waals surface area contributed by atoms with E-state index < -0.39 is 17.8 Å². The molecule has 0 aromatic heterocycles. The third-order valence-corrected chi connectivity index (χ3v) is 8.50. The van der Waals surface area contributed by atoms with Gasteiger partial charge in [-0.2, -0.15) is 0 Å². The highest BCUT2D eigenvalue weighted by Crippen LogP contribution is 2.59. The van der Waals surface area contributed by atoms with Crippen LogP contribution in [0.15, 0.2) is 35.5 Å². The molecule has 4 nitrogen and oxygen atoms in total. The van der Waals surface area contributed by atoms with E-state index in [1.165, 1.54) is 31.3 Å².